The molecular weight excluding hydrogens is 511 g/mol. The second kappa shape index (κ2) is 9.09. The van der Waals surface area contributed by atoms with E-state index in [4.69, 9.17) is 0 Å². The van der Waals surface area contributed by atoms with E-state index in [-0.39, 0.29) is 17.1 Å². The zero-order valence-electron chi connectivity index (χ0n) is 18.0. The first-order valence-corrected chi connectivity index (χ1v) is 11.8. The van der Waals surface area contributed by atoms with Crippen LogP contribution in [0.1, 0.15) is 44.2 Å². The summed E-state index contributed by atoms with van der Waals surface area (Å²) in [6, 6.07) is 12.8. The molecule has 3 nitrogen and oxygen atoms in total. The molecule has 0 atom stereocenters. The third-order valence-corrected chi connectivity index (χ3v) is 7.59. The van der Waals surface area contributed by atoms with Gasteiger partial charge in [-0.25, -0.2) is 4.39 Å². The van der Waals surface area contributed by atoms with E-state index in [0.29, 0.717) is 6.42 Å². The van der Waals surface area contributed by atoms with Crippen LogP contribution in [0, 0.1) is 5.82 Å². The summed E-state index contributed by atoms with van der Waals surface area (Å²) in [5.74, 6) is -0.142. The molecule has 0 aromatic heterocycles. The van der Waals surface area contributed by atoms with Crippen molar-refractivity contribution >= 4 is 37.8 Å². The van der Waals surface area contributed by atoms with Gasteiger partial charge in [-0.2, -0.15) is 0 Å². The van der Waals surface area contributed by atoms with Crippen molar-refractivity contribution in [3.8, 4) is 0 Å². The van der Waals surface area contributed by atoms with E-state index < -0.39 is 5.54 Å². The first kappa shape index (κ1) is 23.4. The number of halogens is 3. The van der Waals surface area contributed by atoms with Gasteiger partial charge >= 0.3 is 0 Å². The topological polar surface area (TPSA) is 23.6 Å². The molecule has 1 aliphatic heterocycles. The van der Waals surface area contributed by atoms with Crippen LogP contribution in [0.25, 0.3) is 0 Å². The Morgan fingerprint density at radius 1 is 1.10 bits per heavy atom. The van der Waals surface area contributed by atoms with Crippen molar-refractivity contribution in [2.45, 2.75) is 44.1 Å². The van der Waals surface area contributed by atoms with Crippen LogP contribution in [0.15, 0.2) is 51.4 Å². The predicted molar refractivity (Wildman–Crippen MR) is 127 cm³/mol. The van der Waals surface area contributed by atoms with Crippen LogP contribution in [0.2, 0.25) is 0 Å². The van der Waals surface area contributed by atoms with Crippen molar-refractivity contribution in [1.82, 2.24) is 9.80 Å². The lowest BCUT2D eigenvalue weighted by molar-refractivity contribution is -0.137. The van der Waals surface area contributed by atoms with Crippen LogP contribution in [0.5, 0.6) is 0 Å². The Morgan fingerprint density at radius 2 is 1.63 bits per heavy atom. The third-order valence-electron chi connectivity index (χ3n) is 6.67. The SMILES string of the molecule is CN1CCC(CC(=O)N(C)C(C)(C)c2cc(Br)cc(Br)c2)(c2ccc(F)cc2)CC1. The zero-order chi connectivity index (χ0) is 22.1. The monoisotopic (exact) mass is 538 g/mol. The van der Waals surface area contributed by atoms with E-state index in [2.05, 4.69) is 69.8 Å². The Balaban J connectivity index is 1.88. The number of hydrogen-bond donors (Lipinski definition) is 0. The maximum atomic E-state index is 13.5. The predicted octanol–water partition coefficient (Wildman–Crippen LogP) is 6.10. The molecule has 0 spiro atoms. The summed E-state index contributed by atoms with van der Waals surface area (Å²) in [7, 11) is 3.99. The summed E-state index contributed by atoms with van der Waals surface area (Å²) in [6.45, 7) is 5.99. The molecule has 2 aromatic rings. The van der Waals surface area contributed by atoms with Gasteiger partial charge in [0.15, 0.2) is 0 Å². The van der Waals surface area contributed by atoms with Crippen LogP contribution in [-0.4, -0.2) is 42.9 Å². The maximum absolute atomic E-state index is 13.5. The summed E-state index contributed by atoms with van der Waals surface area (Å²) in [5.41, 5.74) is 1.37. The smallest absolute Gasteiger partial charge is 0.223 e. The molecule has 3 rings (SSSR count). The van der Waals surface area contributed by atoms with Gasteiger partial charge in [-0.05, 0) is 88.3 Å². The van der Waals surface area contributed by atoms with Gasteiger partial charge in [-0.3, -0.25) is 4.79 Å². The number of carbonyl (C=O) groups excluding carboxylic acids is 1. The lowest BCUT2D eigenvalue weighted by Crippen LogP contribution is -2.48. The maximum Gasteiger partial charge on any atom is 0.223 e. The van der Waals surface area contributed by atoms with Crippen LogP contribution in [0.4, 0.5) is 4.39 Å². The molecule has 0 saturated carbocycles. The van der Waals surface area contributed by atoms with Gasteiger partial charge in [0.2, 0.25) is 5.91 Å². The molecule has 1 fully saturated rings. The van der Waals surface area contributed by atoms with E-state index in [1.165, 1.54) is 12.1 Å². The number of rotatable bonds is 5. The standard InChI is InChI=1S/C24H29Br2FN2O/c1-23(2,18-13-19(25)15-20(26)14-18)29(4)22(30)16-24(9-11-28(3)12-10-24)17-5-7-21(27)8-6-17/h5-8,13-15H,9-12,16H2,1-4H3. The Labute approximate surface area is 195 Å². The highest BCUT2D eigenvalue weighted by molar-refractivity contribution is 9.11. The number of amides is 1. The molecule has 30 heavy (non-hydrogen) atoms. The van der Waals surface area contributed by atoms with Crippen LogP contribution in [0.3, 0.4) is 0 Å². The van der Waals surface area contributed by atoms with E-state index in [1.807, 2.05) is 30.1 Å². The molecule has 2 aromatic carbocycles. The normalized spacial score (nSPS) is 17.0. The molecule has 162 valence electrons. The van der Waals surface area contributed by atoms with Crippen molar-refractivity contribution in [3.63, 3.8) is 0 Å². The van der Waals surface area contributed by atoms with Gasteiger partial charge in [0.1, 0.15) is 5.82 Å². The Hall–Kier alpha value is -1.24. The van der Waals surface area contributed by atoms with Crippen molar-refractivity contribution in [3.05, 3.63) is 68.4 Å². The average molecular weight is 540 g/mol. The fourth-order valence-corrected chi connectivity index (χ4v) is 5.53. The Bertz CT molecular complexity index is 886. The van der Waals surface area contributed by atoms with Gasteiger partial charge < -0.3 is 9.80 Å². The van der Waals surface area contributed by atoms with Crippen LogP contribution >= 0.6 is 31.9 Å². The fourth-order valence-electron chi connectivity index (χ4n) is 4.24. The minimum Gasteiger partial charge on any atom is -0.337 e. The van der Waals surface area contributed by atoms with Gasteiger partial charge in [-0.15, -0.1) is 0 Å². The summed E-state index contributed by atoms with van der Waals surface area (Å²) in [4.78, 5) is 17.7. The van der Waals surface area contributed by atoms with Crippen molar-refractivity contribution in [2.75, 3.05) is 27.2 Å². The highest BCUT2D eigenvalue weighted by Crippen LogP contribution is 2.40. The molecule has 0 radical (unpaired) electrons. The molecule has 0 bridgehead atoms. The van der Waals surface area contributed by atoms with E-state index in [1.54, 1.807) is 0 Å². The van der Waals surface area contributed by atoms with Gasteiger partial charge in [0, 0.05) is 27.8 Å². The molecule has 1 aliphatic rings. The molecule has 1 saturated heterocycles. The van der Waals surface area contributed by atoms with Gasteiger partial charge in [-0.1, -0.05) is 44.0 Å². The minimum atomic E-state index is -0.473. The largest absolute Gasteiger partial charge is 0.337 e. The molecule has 0 aliphatic carbocycles. The first-order valence-electron chi connectivity index (χ1n) is 10.2. The molecule has 0 N–H and O–H groups in total. The fraction of sp³-hybridized carbons (Fsp3) is 0.458. The second-order valence-corrected chi connectivity index (χ2v) is 10.8. The highest BCUT2D eigenvalue weighted by Gasteiger charge is 2.40. The Kier molecular flexibility index (Phi) is 7.10. The highest BCUT2D eigenvalue weighted by atomic mass is 79.9. The summed E-state index contributed by atoms with van der Waals surface area (Å²) < 4.78 is 15.5. The number of likely N-dealkylation sites (tertiary alicyclic amines) is 1. The third kappa shape index (κ3) is 4.97. The van der Waals surface area contributed by atoms with E-state index >= 15 is 0 Å². The quantitative estimate of drug-likeness (QED) is 0.458. The Morgan fingerprint density at radius 3 is 2.17 bits per heavy atom. The average Bonchev–Trinajstić information content (AvgIpc) is 2.69. The molecule has 1 heterocycles. The van der Waals surface area contributed by atoms with E-state index in [0.717, 1.165) is 46.0 Å². The summed E-state index contributed by atoms with van der Waals surface area (Å²) in [6.07, 6.45) is 2.19. The number of piperidine rings is 1. The number of carbonyl (C=O) groups is 1. The molecule has 6 heteroatoms. The molecular formula is C24H29Br2FN2O. The van der Waals surface area contributed by atoms with Crippen molar-refractivity contribution in [2.24, 2.45) is 0 Å². The number of nitrogens with zero attached hydrogens (tertiary/aromatic N) is 2. The van der Waals surface area contributed by atoms with Crippen molar-refractivity contribution in [1.29, 1.82) is 0 Å². The first-order chi connectivity index (χ1) is 14.0. The molecule has 1 amide bonds. The molecule has 0 unspecified atom stereocenters. The van der Waals surface area contributed by atoms with E-state index in [9.17, 15) is 9.18 Å². The van der Waals surface area contributed by atoms with Crippen molar-refractivity contribution < 1.29 is 9.18 Å². The van der Waals surface area contributed by atoms with Gasteiger partial charge in [0.05, 0.1) is 5.54 Å². The lowest BCUT2D eigenvalue weighted by atomic mass is 9.70. The number of hydrogen-bond acceptors (Lipinski definition) is 2. The second-order valence-electron chi connectivity index (χ2n) is 8.94. The van der Waals surface area contributed by atoms with Gasteiger partial charge in [0.25, 0.3) is 0 Å². The summed E-state index contributed by atoms with van der Waals surface area (Å²) in [5, 5.41) is 0. The summed E-state index contributed by atoms with van der Waals surface area (Å²) >= 11 is 7.11. The zero-order valence-corrected chi connectivity index (χ0v) is 21.2. The van der Waals surface area contributed by atoms with Crippen LogP contribution < -0.4 is 0 Å². The lowest BCUT2D eigenvalue weighted by Gasteiger charge is -2.43. The van der Waals surface area contributed by atoms with Crippen LogP contribution in [-0.2, 0) is 15.7 Å². The number of benzene rings is 2. The minimum absolute atomic E-state index is 0.102.